The Labute approximate surface area is 87.6 Å². The van der Waals surface area contributed by atoms with Gasteiger partial charge in [-0.2, -0.15) is 5.43 Å². The Hall–Kier alpha value is -1.23. The molecule has 0 aromatic heterocycles. The smallest absolute Gasteiger partial charge is 0.114 e. The first kappa shape index (κ1) is 9.33. The van der Waals surface area contributed by atoms with Crippen molar-refractivity contribution < 1.29 is 0 Å². The van der Waals surface area contributed by atoms with Crippen molar-refractivity contribution in [1.29, 1.82) is 0 Å². The molecule has 0 amide bonds. The van der Waals surface area contributed by atoms with Crippen LogP contribution < -0.4 is 16.2 Å². The molecule has 0 radical (unpaired) electrons. The van der Waals surface area contributed by atoms with Crippen LogP contribution in [0.25, 0.3) is 0 Å². The van der Waals surface area contributed by atoms with Crippen molar-refractivity contribution in [1.82, 2.24) is 15.5 Å². The van der Waals surface area contributed by atoms with E-state index in [-0.39, 0.29) is 6.17 Å². The molecule has 5 heteroatoms. The van der Waals surface area contributed by atoms with Crippen LogP contribution in [0.4, 0.5) is 5.69 Å². The highest BCUT2D eigenvalue weighted by molar-refractivity contribution is 6.12. The van der Waals surface area contributed by atoms with Crippen LogP contribution in [0.2, 0.25) is 0 Å². The lowest BCUT2D eigenvalue weighted by atomic mass is 10.3. The number of hydrogen-bond donors (Lipinski definition) is 3. The van der Waals surface area contributed by atoms with Crippen molar-refractivity contribution in [3.63, 3.8) is 0 Å². The lowest BCUT2D eigenvalue weighted by molar-refractivity contribution is 0.254. The molecule has 0 fully saturated rings. The largest absolute Gasteiger partial charge is 0.365 e. The number of benzene rings is 1. The van der Waals surface area contributed by atoms with E-state index in [2.05, 4.69) is 16.2 Å². The summed E-state index contributed by atoms with van der Waals surface area (Å²) in [6.45, 7) is 0. The second-order valence-corrected chi connectivity index (χ2v) is 3.22. The minimum atomic E-state index is -0.00356. The van der Waals surface area contributed by atoms with Gasteiger partial charge >= 0.3 is 0 Å². The van der Waals surface area contributed by atoms with Gasteiger partial charge < -0.3 is 5.32 Å². The first-order valence-corrected chi connectivity index (χ1v) is 4.65. The van der Waals surface area contributed by atoms with E-state index in [9.17, 15) is 0 Å². The quantitative estimate of drug-likeness (QED) is 0.646. The third-order valence-corrected chi connectivity index (χ3v) is 2.02. The average molecular weight is 211 g/mol. The molecule has 1 aliphatic heterocycles. The molecule has 1 heterocycles. The Kier molecular flexibility index (Phi) is 2.88. The maximum absolute atomic E-state index is 5.70. The minimum absolute atomic E-state index is 0.00356. The van der Waals surface area contributed by atoms with E-state index in [1.165, 1.54) is 4.64 Å². The number of nitrogens with one attached hydrogen (secondary N) is 3. The predicted octanol–water partition coefficient (Wildman–Crippen LogP) is 1.42. The number of anilines is 1. The van der Waals surface area contributed by atoms with Crippen molar-refractivity contribution in [2.45, 2.75) is 6.17 Å². The number of para-hydroxylation sites is 1. The van der Waals surface area contributed by atoms with Gasteiger partial charge in [-0.25, -0.2) is 0 Å². The molecule has 1 unspecified atom stereocenters. The second-order valence-electron chi connectivity index (χ2n) is 2.89. The molecule has 0 saturated carbocycles. The summed E-state index contributed by atoms with van der Waals surface area (Å²) in [6, 6.07) is 9.92. The van der Waals surface area contributed by atoms with E-state index >= 15 is 0 Å². The Bertz CT molecular complexity index is 314. The van der Waals surface area contributed by atoms with E-state index < -0.39 is 0 Å². The van der Waals surface area contributed by atoms with Gasteiger partial charge in [-0.1, -0.05) is 22.8 Å². The molecular formula is C9H11ClN4. The standard InChI is InChI=1S/C9H11ClN4/c10-14-11-7-6-9(13-14)12-8-4-2-1-3-5-8/h1-7,9,11-13H. The predicted molar refractivity (Wildman–Crippen MR) is 57.0 cm³/mol. The molecule has 0 saturated heterocycles. The SMILES string of the molecule is ClN1NC=CC(Nc2ccccc2)N1. The third kappa shape index (κ3) is 2.38. The van der Waals surface area contributed by atoms with Crippen LogP contribution in [-0.4, -0.2) is 10.8 Å². The monoisotopic (exact) mass is 210 g/mol. The fraction of sp³-hybridized carbons (Fsp3) is 0.111. The first-order valence-electron chi connectivity index (χ1n) is 4.31. The summed E-state index contributed by atoms with van der Waals surface area (Å²) in [7, 11) is 0. The van der Waals surface area contributed by atoms with Crippen LogP contribution in [0.3, 0.4) is 0 Å². The molecule has 1 aromatic rings. The summed E-state index contributed by atoms with van der Waals surface area (Å²) < 4.78 is 1.28. The average Bonchev–Trinajstić information content (AvgIpc) is 2.19. The van der Waals surface area contributed by atoms with Gasteiger partial charge in [-0.3, -0.25) is 5.43 Å². The Morgan fingerprint density at radius 3 is 2.79 bits per heavy atom. The van der Waals surface area contributed by atoms with Gasteiger partial charge in [0.1, 0.15) is 6.17 Å². The van der Waals surface area contributed by atoms with Gasteiger partial charge in [0.25, 0.3) is 0 Å². The zero-order chi connectivity index (χ0) is 9.80. The Morgan fingerprint density at radius 1 is 1.29 bits per heavy atom. The van der Waals surface area contributed by atoms with Crippen LogP contribution in [0, 0.1) is 0 Å². The Morgan fingerprint density at radius 2 is 2.07 bits per heavy atom. The zero-order valence-corrected chi connectivity index (χ0v) is 8.20. The van der Waals surface area contributed by atoms with Crippen molar-refractivity contribution in [3.05, 3.63) is 42.6 Å². The van der Waals surface area contributed by atoms with Gasteiger partial charge in [0.15, 0.2) is 0 Å². The van der Waals surface area contributed by atoms with Crippen LogP contribution in [-0.2, 0) is 0 Å². The van der Waals surface area contributed by atoms with Gasteiger partial charge in [0.2, 0.25) is 0 Å². The number of nitrogens with zero attached hydrogens (tertiary/aromatic N) is 1. The van der Waals surface area contributed by atoms with E-state index in [4.69, 9.17) is 11.8 Å². The molecule has 74 valence electrons. The summed E-state index contributed by atoms with van der Waals surface area (Å²) in [4.78, 5) is 0. The molecule has 0 bridgehead atoms. The topological polar surface area (TPSA) is 39.3 Å². The summed E-state index contributed by atoms with van der Waals surface area (Å²) in [5.74, 6) is 0. The number of halogens is 1. The summed E-state index contributed by atoms with van der Waals surface area (Å²) in [5, 5.41) is 3.25. The molecule has 1 atom stereocenters. The molecule has 0 aliphatic carbocycles. The maximum Gasteiger partial charge on any atom is 0.114 e. The highest BCUT2D eigenvalue weighted by Gasteiger charge is 2.10. The molecule has 2 rings (SSSR count). The van der Waals surface area contributed by atoms with Gasteiger partial charge in [-0.05, 0) is 18.2 Å². The Balaban J connectivity index is 1.98. The van der Waals surface area contributed by atoms with E-state index in [1.54, 1.807) is 6.20 Å². The molecule has 4 nitrogen and oxygen atoms in total. The van der Waals surface area contributed by atoms with E-state index in [1.807, 2.05) is 36.4 Å². The van der Waals surface area contributed by atoms with E-state index in [0.717, 1.165) is 5.69 Å². The first-order chi connectivity index (χ1) is 6.84. The van der Waals surface area contributed by atoms with Crippen molar-refractivity contribution in [3.8, 4) is 0 Å². The fourth-order valence-electron chi connectivity index (χ4n) is 1.20. The highest BCUT2D eigenvalue weighted by atomic mass is 35.5. The molecular weight excluding hydrogens is 200 g/mol. The third-order valence-electron chi connectivity index (χ3n) is 1.82. The fourth-order valence-corrected chi connectivity index (χ4v) is 1.36. The van der Waals surface area contributed by atoms with Crippen LogP contribution >= 0.6 is 11.8 Å². The van der Waals surface area contributed by atoms with Crippen molar-refractivity contribution >= 4 is 17.5 Å². The van der Waals surface area contributed by atoms with Gasteiger partial charge in [0, 0.05) is 23.7 Å². The van der Waals surface area contributed by atoms with Crippen LogP contribution in [0.1, 0.15) is 0 Å². The summed E-state index contributed by atoms with van der Waals surface area (Å²) >= 11 is 5.70. The number of hydrogen-bond acceptors (Lipinski definition) is 4. The number of rotatable bonds is 2. The van der Waals surface area contributed by atoms with Crippen molar-refractivity contribution in [2.75, 3.05) is 5.32 Å². The lowest BCUT2D eigenvalue weighted by Gasteiger charge is -2.26. The van der Waals surface area contributed by atoms with Gasteiger partial charge in [0.05, 0.1) is 0 Å². The number of hydrazine groups is 2. The highest BCUT2D eigenvalue weighted by Crippen LogP contribution is 2.07. The molecule has 3 N–H and O–H groups in total. The minimum Gasteiger partial charge on any atom is -0.365 e. The van der Waals surface area contributed by atoms with Crippen molar-refractivity contribution in [2.24, 2.45) is 0 Å². The zero-order valence-electron chi connectivity index (χ0n) is 7.44. The normalized spacial score (nSPS) is 21.6. The molecule has 14 heavy (non-hydrogen) atoms. The maximum atomic E-state index is 5.70. The lowest BCUT2D eigenvalue weighted by Crippen LogP contribution is -2.50. The molecule has 1 aliphatic rings. The van der Waals surface area contributed by atoms with E-state index in [0.29, 0.717) is 0 Å². The summed E-state index contributed by atoms with van der Waals surface area (Å²) in [6.07, 6.45) is 3.70. The molecule has 1 aromatic carbocycles. The van der Waals surface area contributed by atoms with Crippen LogP contribution in [0.5, 0.6) is 0 Å². The second kappa shape index (κ2) is 4.32. The molecule has 0 spiro atoms. The van der Waals surface area contributed by atoms with Gasteiger partial charge in [-0.15, -0.1) is 0 Å². The summed E-state index contributed by atoms with van der Waals surface area (Å²) in [5.41, 5.74) is 6.76. The van der Waals surface area contributed by atoms with Crippen LogP contribution in [0.15, 0.2) is 42.6 Å².